The average molecular weight is 234 g/mol. The number of aromatic nitrogens is 1. The van der Waals surface area contributed by atoms with Gasteiger partial charge in [-0.3, -0.25) is 4.79 Å². The summed E-state index contributed by atoms with van der Waals surface area (Å²) in [5, 5.41) is 0. The fourth-order valence-electron chi connectivity index (χ4n) is 2.31. The van der Waals surface area contributed by atoms with Gasteiger partial charge in [0.15, 0.2) is 0 Å². The molecular weight excluding hydrogens is 216 g/mol. The van der Waals surface area contributed by atoms with Gasteiger partial charge < -0.3 is 10.3 Å². The van der Waals surface area contributed by atoms with E-state index in [0.29, 0.717) is 17.6 Å². The minimum atomic E-state index is 0.00597. The average Bonchev–Trinajstić information content (AvgIpc) is 2.86. The predicted molar refractivity (Wildman–Crippen MR) is 66.4 cm³/mol. The molecule has 0 bridgehead atoms. The minimum Gasteiger partial charge on any atom is -0.334 e. The highest BCUT2D eigenvalue weighted by Crippen LogP contribution is 2.21. The number of pyridine rings is 1. The number of hydrogen-bond donors (Lipinski definition) is 2. The summed E-state index contributed by atoms with van der Waals surface area (Å²) < 4.78 is 0. The van der Waals surface area contributed by atoms with Crippen LogP contribution >= 0.6 is 0 Å². The Bertz CT molecular complexity index is 407. The summed E-state index contributed by atoms with van der Waals surface area (Å²) in [5.41, 5.74) is 2.92. The third kappa shape index (κ3) is 2.39. The third-order valence-corrected chi connectivity index (χ3v) is 3.23. The largest absolute Gasteiger partial charge is 0.334 e. The number of nitrogen functional groups attached to an aromatic ring is 1. The lowest BCUT2D eigenvalue weighted by Gasteiger charge is -2.23. The summed E-state index contributed by atoms with van der Waals surface area (Å²) >= 11 is 0. The van der Waals surface area contributed by atoms with Crippen LogP contribution in [0.4, 0.5) is 5.82 Å². The number of nitrogens with two attached hydrogens (primary N) is 1. The van der Waals surface area contributed by atoms with Gasteiger partial charge >= 0.3 is 0 Å². The van der Waals surface area contributed by atoms with E-state index in [-0.39, 0.29) is 5.91 Å². The van der Waals surface area contributed by atoms with Gasteiger partial charge in [0.25, 0.3) is 5.91 Å². The maximum atomic E-state index is 12.3. The summed E-state index contributed by atoms with van der Waals surface area (Å²) in [7, 11) is 0. The van der Waals surface area contributed by atoms with Gasteiger partial charge in [-0.15, -0.1) is 0 Å². The van der Waals surface area contributed by atoms with Gasteiger partial charge in [-0.1, -0.05) is 13.0 Å². The first-order chi connectivity index (χ1) is 8.26. The smallest absolute Gasteiger partial charge is 0.272 e. The highest BCUT2D eigenvalue weighted by atomic mass is 16.2. The molecule has 1 aromatic heterocycles. The van der Waals surface area contributed by atoms with Crippen LogP contribution in [0.3, 0.4) is 0 Å². The van der Waals surface area contributed by atoms with E-state index in [1.807, 2.05) is 4.90 Å². The van der Waals surface area contributed by atoms with Crippen LogP contribution in [-0.2, 0) is 0 Å². The summed E-state index contributed by atoms with van der Waals surface area (Å²) in [6.45, 7) is 2.95. The number of amides is 1. The van der Waals surface area contributed by atoms with Gasteiger partial charge in [-0.25, -0.2) is 10.8 Å². The summed E-state index contributed by atoms with van der Waals surface area (Å²) in [6, 6.07) is 5.61. The third-order valence-electron chi connectivity index (χ3n) is 3.23. The van der Waals surface area contributed by atoms with Crippen molar-refractivity contribution < 1.29 is 4.79 Å². The maximum absolute atomic E-state index is 12.3. The van der Waals surface area contributed by atoms with E-state index in [2.05, 4.69) is 17.3 Å². The van der Waals surface area contributed by atoms with Gasteiger partial charge in [-0.05, 0) is 31.4 Å². The summed E-state index contributed by atoms with van der Waals surface area (Å²) in [5.74, 6) is 5.81. The fraction of sp³-hybridized carbons (Fsp3) is 0.500. The summed E-state index contributed by atoms with van der Waals surface area (Å²) in [4.78, 5) is 18.4. The number of carbonyl (C=O) groups excluding carboxylic acids is 1. The van der Waals surface area contributed by atoms with Gasteiger partial charge in [0.1, 0.15) is 11.5 Å². The first-order valence-electron chi connectivity index (χ1n) is 6.01. The Kier molecular flexibility index (Phi) is 3.58. The maximum Gasteiger partial charge on any atom is 0.272 e. The van der Waals surface area contributed by atoms with Crippen LogP contribution in [0.15, 0.2) is 18.2 Å². The fourth-order valence-corrected chi connectivity index (χ4v) is 2.31. The van der Waals surface area contributed by atoms with E-state index in [4.69, 9.17) is 5.84 Å². The van der Waals surface area contributed by atoms with Crippen molar-refractivity contribution in [1.29, 1.82) is 0 Å². The topological polar surface area (TPSA) is 71.2 Å². The molecule has 1 atom stereocenters. The van der Waals surface area contributed by atoms with Crippen molar-refractivity contribution in [2.45, 2.75) is 32.2 Å². The predicted octanol–water partition coefficient (Wildman–Crippen LogP) is 1.38. The first kappa shape index (κ1) is 11.9. The zero-order valence-corrected chi connectivity index (χ0v) is 10.0. The zero-order valence-electron chi connectivity index (χ0n) is 10.0. The Morgan fingerprint density at radius 2 is 2.47 bits per heavy atom. The second kappa shape index (κ2) is 5.14. The lowest BCUT2D eigenvalue weighted by molar-refractivity contribution is 0.0728. The van der Waals surface area contributed by atoms with Crippen molar-refractivity contribution in [3.8, 4) is 0 Å². The van der Waals surface area contributed by atoms with Gasteiger partial charge in [0.05, 0.1) is 0 Å². The first-order valence-corrected chi connectivity index (χ1v) is 6.01. The van der Waals surface area contributed by atoms with Crippen LogP contribution in [0.5, 0.6) is 0 Å². The van der Waals surface area contributed by atoms with E-state index >= 15 is 0 Å². The van der Waals surface area contributed by atoms with Crippen LogP contribution in [-0.4, -0.2) is 28.4 Å². The second-order valence-electron chi connectivity index (χ2n) is 4.26. The SMILES string of the molecule is CCC1CCCN1C(=O)c1cccc(NN)n1. The second-order valence-corrected chi connectivity index (χ2v) is 4.26. The molecule has 17 heavy (non-hydrogen) atoms. The number of nitrogens with zero attached hydrogens (tertiary/aromatic N) is 2. The molecule has 2 rings (SSSR count). The molecule has 1 amide bonds. The Morgan fingerprint density at radius 3 is 3.18 bits per heavy atom. The van der Waals surface area contributed by atoms with E-state index in [1.54, 1.807) is 18.2 Å². The minimum absolute atomic E-state index is 0.00597. The Balaban J connectivity index is 2.18. The molecule has 1 unspecified atom stereocenters. The van der Waals surface area contributed by atoms with Crippen LogP contribution < -0.4 is 11.3 Å². The molecule has 1 fully saturated rings. The lowest BCUT2D eigenvalue weighted by Crippen LogP contribution is -2.35. The molecule has 1 aliphatic heterocycles. The Labute approximate surface area is 101 Å². The van der Waals surface area contributed by atoms with Crippen molar-refractivity contribution in [1.82, 2.24) is 9.88 Å². The van der Waals surface area contributed by atoms with E-state index in [9.17, 15) is 4.79 Å². The molecule has 1 aliphatic rings. The number of likely N-dealkylation sites (tertiary alicyclic amines) is 1. The van der Waals surface area contributed by atoms with Gasteiger partial charge in [0.2, 0.25) is 0 Å². The Morgan fingerprint density at radius 1 is 1.65 bits per heavy atom. The van der Waals surface area contributed by atoms with Crippen LogP contribution in [0, 0.1) is 0 Å². The molecule has 0 radical (unpaired) electrons. The number of rotatable bonds is 3. The molecular formula is C12H18N4O. The van der Waals surface area contributed by atoms with Crippen molar-refractivity contribution in [2.75, 3.05) is 12.0 Å². The van der Waals surface area contributed by atoms with Crippen molar-refractivity contribution >= 4 is 11.7 Å². The molecule has 5 heteroatoms. The van der Waals surface area contributed by atoms with Crippen molar-refractivity contribution in [3.05, 3.63) is 23.9 Å². The number of carbonyl (C=O) groups is 1. The molecule has 0 saturated carbocycles. The van der Waals surface area contributed by atoms with Gasteiger partial charge in [0, 0.05) is 12.6 Å². The van der Waals surface area contributed by atoms with Crippen LogP contribution in [0.25, 0.3) is 0 Å². The molecule has 0 aromatic carbocycles. The molecule has 0 aliphatic carbocycles. The molecule has 1 saturated heterocycles. The molecule has 0 spiro atoms. The number of nitrogens with one attached hydrogen (secondary N) is 1. The standard InChI is InChI=1S/C12H18N4O/c1-2-9-5-4-8-16(9)12(17)10-6-3-7-11(14-10)15-13/h3,6-7,9H,2,4-5,8,13H2,1H3,(H,14,15). The highest BCUT2D eigenvalue weighted by molar-refractivity contribution is 5.93. The molecule has 2 heterocycles. The number of anilines is 1. The summed E-state index contributed by atoms with van der Waals surface area (Å²) in [6.07, 6.45) is 3.18. The molecule has 5 nitrogen and oxygen atoms in total. The lowest BCUT2D eigenvalue weighted by atomic mass is 10.1. The molecule has 3 N–H and O–H groups in total. The molecule has 1 aromatic rings. The van der Waals surface area contributed by atoms with E-state index in [0.717, 1.165) is 25.8 Å². The van der Waals surface area contributed by atoms with Crippen molar-refractivity contribution in [3.63, 3.8) is 0 Å². The molecule has 92 valence electrons. The zero-order chi connectivity index (χ0) is 12.3. The monoisotopic (exact) mass is 234 g/mol. The Hall–Kier alpha value is -1.62. The van der Waals surface area contributed by atoms with E-state index < -0.39 is 0 Å². The van der Waals surface area contributed by atoms with Crippen LogP contribution in [0.2, 0.25) is 0 Å². The van der Waals surface area contributed by atoms with Crippen molar-refractivity contribution in [2.24, 2.45) is 5.84 Å². The number of hydrogen-bond acceptors (Lipinski definition) is 4. The van der Waals surface area contributed by atoms with E-state index in [1.165, 1.54) is 0 Å². The quantitative estimate of drug-likeness (QED) is 0.612. The normalized spacial score (nSPS) is 19.4. The number of hydrazine groups is 1. The highest BCUT2D eigenvalue weighted by Gasteiger charge is 2.28. The van der Waals surface area contributed by atoms with Crippen LogP contribution in [0.1, 0.15) is 36.7 Å². The van der Waals surface area contributed by atoms with Gasteiger partial charge in [-0.2, -0.15) is 0 Å².